The van der Waals surface area contributed by atoms with Gasteiger partial charge < -0.3 is 9.80 Å². The molecule has 2 nitrogen and oxygen atoms in total. The number of benzene rings is 8. The Bertz CT molecular complexity index is 2930. The number of hydrogen-bond acceptors (Lipinski definition) is 3. The molecule has 0 radical (unpaired) electrons. The SMILES string of the molecule is C=C/C(C)=C\C=C(/C)c1ccc(N(c2ccc(-c3ccc(N(c4ccc(-c5ccccc5)cc4)c4ccc(-c5ccccc5)cc4)cc3)cc2)c2ccc(-c3ccc(C)s3)cc2)cc1. The summed E-state index contributed by atoms with van der Waals surface area (Å²) in [5.74, 6) is 0. The molecule has 1 heterocycles. The summed E-state index contributed by atoms with van der Waals surface area (Å²) in [5.41, 5.74) is 18.4. The van der Waals surface area contributed by atoms with Crippen molar-refractivity contribution in [2.24, 2.45) is 0 Å². The van der Waals surface area contributed by atoms with E-state index in [0.29, 0.717) is 0 Å². The molecule has 310 valence electrons. The van der Waals surface area contributed by atoms with Crippen LogP contribution in [0.4, 0.5) is 34.1 Å². The Morgan fingerprint density at radius 2 is 0.703 bits per heavy atom. The predicted octanol–water partition coefficient (Wildman–Crippen LogP) is 18.2. The Labute approximate surface area is 382 Å². The van der Waals surface area contributed by atoms with E-state index < -0.39 is 0 Å². The molecular formula is C61H50N2S. The smallest absolute Gasteiger partial charge is 0.0462 e. The van der Waals surface area contributed by atoms with E-state index in [1.54, 1.807) is 0 Å². The molecule has 0 aliphatic heterocycles. The van der Waals surface area contributed by atoms with Gasteiger partial charge in [-0.1, -0.05) is 164 Å². The van der Waals surface area contributed by atoms with E-state index >= 15 is 0 Å². The quantitative estimate of drug-likeness (QED) is 0.107. The lowest BCUT2D eigenvalue weighted by molar-refractivity contribution is 1.28. The van der Waals surface area contributed by atoms with E-state index in [2.05, 4.69) is 268 Å². The Morgan fingerprint density at radius 3 is 1.03 bits per heavy atom. The van der Waals surface area contributed by atoms with Crippen LogP contribution in [0.2, 0.25) is 0 Å². The maximum Gasteiger partial charge on any atom is 0.0462 e. The molecule has 0 saturated heterocycles. The molecule has 0 spiro atoms. The number of thiophene rings is 1. The van der Waals surface area contributed by atoms with Gasteiger partial charge in [-0.3, -0.25) is 0 Å². The van der Waals surface area contributed by atoms with Crippen molar-refractivity contribution in [3.05, 3.63) is 259 Å². The molecule has 0 fully saturated rings. The van der Waals surface area contributed by atoms with Crippen LogP contribution in [0.5, 0.6) is 0 Å². The van der Waals surface area contributed by atoms with Crippen molar-refractivity contribution in [1.29, 1.82) is 0 Å². The third kappa shape index (κ3) is 9.36. The van der Waals surface area contributed by atoms with Crippen LogP contribution in [0.25, 0.3) is 49.4 Å². The number of anilines is 6. The van der Waals surface area contributed by atoms with Gasteiger partial charge in [0.2, 0.25) is 0 Å². The van der Waals surface area contributed by atoms with Crippen LogP contribution in [0, 0.1) is 6.92 Å². The molecule has 3 heteroatoms. The minimum absolute atomic E-state index is 1.09. The first-order chi connectivity index (χ1) is 31.4. The summed E-state index contributed by atoms with van der Waals surface area (Å²) in [6, 6.07) is 78.9. The second-order valence-corrected chi connectivity index (χ2v) is 17.3. The number of nitrogens with zero attached hydrogens (tertiary/aromatic N) is 2. The van der Waals surface area contributed by atoms with Crippen LogP contribution in [0.3, 0.4) is 0 Å². The number of rotatable bonds is 13. The second kappa shape index (κ2) is 19.1. The maximum absolute atomic E-state index is 3.89. The minimum Gasteiger partial charge on any atom is -0.311 e. The monoisotopic (exact) mass is 842 g/mol. The molecule has 64 heavy (non-hydrogen) atoms. The Morgan fingerprint density at radius 1 is 0.375 bits per heavy atom. The maximum atomic E-state index is 3.89. The zero-order valence-electron chi connectivity index (χ0n) is 36.5. The fourth-order valence-electron chi connectivity index (χ4n) is 8.03. The van der Waals surface area contributed by atoms with Gasteiger partial charge >= 0.3 is 0 Å². The lowest BCUT2D eigenvalue weighted by atomic mass is 10.0. The van der Waals surface area contributed by atoms with Gasteiger partial charge in [-0.05, 0) is 156 Å². The van der Waals surface area contributed by atoms with Crippen molar-refractivity contribution in [3.63, 3.8) is 0 Å². The van der Waals surface area contributed by atoms with Gasteiger partial charge in [-0.25, -0.2) is 0 Å². The highest BCUT2D eigenvalue weighted by Gasteiger charge is 2.16. The molecular weight excluding hydrogens is 793 g/mol. The molecule has 0 unspecified atom stereocenters. The van der Waals surface area contributed by atoms with Gasteiger partial charge in [0.15, 0.2) is 0 Å². The Kier molecular flexibility index (Phi) is 12.4. The molecule has 8 aromatic carbocycles. The summed E-state index contributed by atoms with van der Waals surface area (Å²) in [7, 11) is 0. The molecule has 0 aliphatic rings. The molecule has 0 saturated carbocycles. The highest BCUT2D eigenvalue weighted by atomic mass is 32.1. The van der Waals surface area contributed by atoms with E-state index in [0.717, 1.165) is 50.8 Å². The molecule has 9 aromatic rings. The fraction of sp³-hybridized carbons (Fsp3) is 0.0492. The third-order valence-corrected chi connectivity index (χ3v) is 12.7. The van der Waals surface area contributed by atoms with Gasteiger partial charge in [-0.2, -0.15) is 0 Å². The fourth-order valence-corrected chi connectivity index (χ4v) is 8.90. The number of aryl methyl sites for hydroxylation is 1. The lowest BCUT2D eigenvalue weighted by Gasteiger charge is -2.27. The van der Waals surface area contributed by atoms with Crippen molar-refractivity contribution >= 4 is 51.0 Å². The van der Waals surface area contributed by atoms with E-state index in [-0.39, 0.29) is 0 Å². The highest BCUT2D eigenvalue weighted by Crippen LogP contribution is 2.40. The van der Waals surface area contributed by atoms with Crippen LogP contribution in [-0.4, -0.2) is 0 Å². The standard InChI is InChI=1S/C61H50N2S/c1-5-44(2)16-17-45(3)47-19-31-55(32-20-47)62(60-41-29-54(30-42-60)61-43-18-46(4)64-61)58-37-25-52(26-38-58)53-27-39-59(40-28-53)63(56-33-21-50(22-34-56)48-12-8-6-9-13-48)57-35-23-51(24-36-57)49-14-10-7-11-15-49/h5-43H,1H2,2-4H3/b44-16-,45-17+. The first kappa shape index (κ1) is 41.6. The van der Waals surface area contributed by atoms with E-state index in [4.69, 9.17) is 0 Å². The lowest BCUT2D eigenvalue weighted by Crippen LogP contribution is -2.10. The van der Waals surface area contributed by atoms with Crippen molar-refractivity contribution < 1.29 is 0 Å². The third-order valence-electron chi connectivity index (χ3n) is 11.7. The number of allylic oxidation sites excluding steroid dienone is 5. The summed E-state index contributed by atoms with van der Waals surface area (Å²) >= 11 is 1.83. The average Bonchev–Trinajstić information content (AvgIpc) is 3.81. The van der Waals surface area contributed by atoms with Crippen LogP contribution < -0.4 is 9.80 Å². The predicted molar refractivity (Wildman–Crippen MR) is 278 cm³/mol. The van der Waals surface area contributed by atoms with Crippen LogP contribution in [0.1, 0.15) is 24.3 Å². The van der Waals surface area contributed by atoms with Gasteiger partial charge in [0.05, 0.1) is 0 Å². The Hall–Kier alpha value is -7.72. The van der Waals surface area contributed by atoms with Crippen molar-refractivity contribution in [1.82, 2.24) is 0 Å². The normalized spacial score (nSPS) is 11.6. The second-order valence-electron chi connectivity index (χ2n) is 16.1. The summed E-state index contributed by atoms with van der Waals surface area (Å²) in [5, 5.41) is 0. The average molecular weight is 843 g/mol. The van der Waals surface area contributed by atoms with Gasteiger partial charge in [0, 0.05) is 43.9 Å². The van der Waals surface area contributed by atoms with Gasteiger partial charge in [0.25, 0.3) is 0 Å². The van der Waals surface area contributed by atoms with E-state index in [1.807, 2.05) is 17.4 Å². The van der Waals surface area contributed by atoms with Gasteiger partial charge in [0.1, 0.15) is 0 Å². The molecule has 9 rings (SSSR count). The topological polar surface area (TPSA) is 6.48 Å². The summed E-state index contributed by atoms with van der Waals surface area (Å²) in [4.78, 5) is 7.27. The molecule has 0 bridgehead atoms. The summed E-state index contributed by atoms with van der Waals surface area (Å²) in [6.45, 7) is 10.3. The van der Waals surface area contributed by atoms with Crippen LogP contribution in [-0.2, 0) is 0 Å². The van der Waals surface area contributed by atoms with E-state index in [1.165, 1.54) is 48.7 Å². The Balaban J connectivity index is 1.02. The highest BCUT2D eigenvalue weighted by molar-refractivity contribution is 7.15. The largest absolute Gasteiger partial charge is 0.311 e. The van der Waals surface area contributed by atoms with E-state index in [9.17, 15) is 0 Å². The molecule has 0 amide bonds. The molecule has 1 aromatic heterocycles. The zero-order chi connectivity index (χ0) is 43.8. The molecule has 0 atom stereocenters. The van der Waals surface area contributed by atoms with Crippen LogP contribution in [0.15, 0.2) is 249 Å². The number of hydrogen-bond donors (Lipinski definition) is 0. The van der Waals surface area contributed by atoms with Crippen molar-refractivity contribution in [2.45, 2.75) is 20.8 Å². The molecule has 0 aliphatic carbocycles. The van der Waals surface area contributed by atoms with Gasteiger partial charge in [-0.15, -0.1) is 11.3 Å². The zero-order valence-corrected chi connectivity index (χ0v) is 37.3. The minimum atomic E-state index is 1.09. The van der Waals surface area contributed by atoms with Crippen LogP contribution >= 0.6 is 11.3 Å². The van der Waals surface area contributed by atoms with Crippen molar-refractivity contribution in [2.75, 3.05) is 9.80 Å². The first-order valence-corrected chi connectivity index (χ1v) is 22.6. The molecule has 0 N–H and O–H groups in total. The first-order valence-electron chi connectivity index (χ1n) is 21.8. The summed E-state index contributed by atoms with van der Waals surface area (Å²) < 4.78 is 0. The van der Waals surface area contributed by atoms with Crippen molar-refractivity contribution in [3.8, 4) is 43.8 Å². The summed E-state index contributed by atoms with van der Waals surface area (Å²) in [6.07, 6.45) is 6.15.